The van der Waals surface area contributed by atoms with Crippen LogP contribution in [0.1, 0.15) is 12.8 Å². The highest BCUT2D eigenvalue weighted by Gasteiger charge is 2.28. The molecule has 1 amide bonds. The second-order valence-corrected chi connectivity index (χ2v) is 5.37. The molecule has 1 aromatic carbocycles. The molecule has 0 saturated heterocycles. The predicted molar refractivity (Wildman–Crippen MR) is 84.8 cm³/mol. The van der Waals surface area contributed by atoms with Gasteiger partial charge in [-0.3, -0.25) is 9.59 Å². The Hall–Kier alpha value is -1.99. The maximum atomic E-state index is 12.2. The topological polar surface area (TPSA) is 103 Å². The molecule has 0 spiro atoms. The minimum atomic E-state index is -0.317. The fraction of sp³-hybridized carbons (Fsp3) is 0.429. The molecule has 1 fully saturated rings. The van der Waals surface area contributed by atoms with Crippen molar-refractivity contribution in [3.05, 3.63) is 34.6 Å². The summed E-state index contributed by atoms with van der Waals surface area (Å²) in [5.74, 6) is 0.242. The fourth-order valence-corrected chi connectivity index (χ4v) is 2.24. The summed E-state index contributed by atoms with van der Waals surface area (Å²) in [6.07, 6.45) is 2.26. The maximum Gasteiger partial charge on any atom is 0.278 e. The van der Waals surface area contributed by atoms with Gasteiger partial charge in [0.1, 0.15) is 12.1 Å². The molecule has 1 atom stereocenters. The third-order valence-electron chi connectivity index (χ3n) is 3.69. The van der Waals surface area contributed by atoms with Gasteiger partial charge in [-0.1, -0.05) is 17.3 Å². The highest BCUT2D eigenvalue weighted by Crippen LogP contribution is 2.31. The normalized spacial score (nSPS) is 15.1. The first-order valence-corrected chi connectivity index (χ1v) is 7.00. The van der Waals surface area contributed by atoms with Gasteiger partial charge in [0.15, 0.2) is 0 Å². The Labute approximate surface area is 133 Å². The zero-order chi connectivity index (χ0) is 14.8. The molecule has 1 aliphatic carbocycles. The van der Waals surface area contributed by atoms with Crippen LogP contribution in [0, 0.1) is 5.92 Å². The zero-order valence-corrected chi connectivity index (χ0v) is 12.8. The third-order valence-corrected chi connectivity index (χ3v) is 3.69. The molecule has 7 nitrogen and oxygen atoms in total. The summed E-state index contributed by atoms with van der Waals surface area (Å²) >= 11 is 0. The number of amides is 1. The zero-order valence-electron chi connectivity index (χ0n) is 11.9. The van der Waals surface area contributed by atoms with Crippen molar-refractivity contribution in [3.8, 4) is 0 Å². The first-order chi connectivity index (χ1) is 10.1. The molecule has 1 aliphatic rings. The fourth-order valence-electron chi connectivity index (χ4n) is 2.24. The van der Waals surface area contributed by atoms with Gasteiger partial charge in [-0.05, 0) is 30.9 Å². The smallest absolute Gasteiger partial charge is 0.278 e. The molecule has 1 unspecified atom stereocenters. The number of nitrogens with two attached hydrogens (primary N) is 1. The molecule has 1 aromatic heterocycles. The van der Waals surface area contributed by atoms with E-state index in [2.05, 4.69) is 15.6 Å². The highest BCUT2D eigenvalue weighted by atomic mass is 35.5. The van der Waals surface area contributed by atoms with E-state index in [0.717, 1.165) is 17.5 Å². The van der Waals surface area contributed by atoms with Crippen molar-refractivity contribution in [1.82, 2.24) is 20.3 Å². The molecule has 1 saturated carbocycles. The quantitative estimate of drug-likeness (QED) is 0.810. The summed E-state index contributed by atoms with van der Waals surface area (Å²) in [4.78, 5) is 24.0. The van der Waals surface area contributed by atoms with Crippen LogP contribution in [0.2, 0.25) is 0 Å². The van der Waals surface area contributed by atoms with Crippen LogP contribution in [0.4, 0.5) is 0 Å². The van der Waals surface area contributed by atoms with Crippen molar-refractivity contribution in [2.45, 2.75) is 25.4 Å². The van der Waals surface area contributed by atoms with Gasteiger partial charge in [0.05, 0.1) is 5.39 Å². The number of nitrogens with one attached hydrogen (secondary N) is 1. The molecule has 3 N–H and O–H groups in total. The van der Waals surface area contributed by atoms with E-state index in [1.54, 1.807) is 24.3 Å². The SMILES string of the molecule is Cl.NC(CNC(=O)Cn1nnc2ccccc2c1=O)C1CC1. The second-order valence-electron chi connectivity index (χ2n) is 5.37. The molecular formula is C14H18ClN5O2. The number of aromatic nitrogens is 3. The number of fused-ring (bicyclic) bond motifs is 1. The van der Waals surface area contributed by atoms with E-state index in [1.807, 2.05) is 0 Å². The van der Waals surface area contributed by atoms with Crippen molar-refractivity contribution in [1.29, 1.82) is 0 Å². The number of nitrogens with zero attached hydrogens (tertiary/aromatic N) is 3. The number of hydrogen-bond donors (Lipinski definition) is 2. The van der Waals surface area contributed by atoms with Gasteiger partial charge in [0.2, 0.25) is 5.91 Å². The van der Waals surface area contributed by atoms with E-state index in [-0.39, 0.29) is 36.5 Å². The average molecular weight is 324 g/mol. The Morgan fingerprint density at radius 1 is 1.41 bits per heavy atom. The number of hydrogen-bond acceptors (Lipinski definition) is 5. The summed E-state index contributed by atoms with van der Waals surface area (Å²) in [7, 11) is 0. The van der Waals surface area contributed by atoms with Crippen LogP contribution in [0.5, 0.6) is 0 Å². The van der Waals surface area contributed by atoms with Gasteiger partial charge < -0.3 is 11.1 Å². The first-order valence-electron chi connectivity index (χ1n) is 7.00. The van der Waals surface area contributed by atoms with Crippen LogP contribution in [0.3, 0.4) is 0 Å². The third kappa shape index (κ3) is 3.61. The van der Waals surface area contributed by atoms with Crippen LogP contribution >= 0.6 is 12.4 Å². The molecule has 0 bridgehead atoms. The minimum absolute atomic E-state index is 0. The molecule has 1 heterocycles. The Bertz CT molecular complexity index is 728. The van der Waals surface area contributed by atoms with Crippen LogP contribution < -0.4 is 16.6 Å². The van der Waals surface area contributed by atoms with E-state index in [9.17, 15) is 9.59 Å². The number of carbonyl (C=O) groups excluding carboxylic acids is 1. The molecule has 0 radical (unpaired) electrons. The average Bonchev–Trinajstić information content (AvgIpc) is 3.33. The summed E-state index contributed by atoms with van der Waals surface area (Å²) in [6, 6.07) is 6.91. The Balaban J connectivity index is 0.00000176. The van der Waals surface area contributed by atoms with Crippen molar-refractivity contribution in [2.24, 2.45) is 11.7 Å². The van der Waals surface area contributed by atoms with Crippen LogP contribution in [0.25, 0.3) is 10.9 Å². The number of rotatable bonds is 5. The maximum absolute atomic E-state index is 12.2. The molecular weight excluding hydrogens is 306 g/mol. The van der Waals surface area contributed by atoms with Gasteiger partial charge in [-0.2, -0.15) is 0 Å². The van der Waals surface area contributed by atoms with E-state index in [1.165, 1.54) is 0 Å². The lowest BCUT2D eigenvalue weighted by Crippen LogP contribution is -2.41. The highest BCUT2D eigenvalue weighted by molar-refractivity contribution is 5.85. The van der Waals surface area contributed by atoms with Gasteiger partial charge >= 0.3 is 0 Å². The number of carbonyl (C=O) groups is 1. The van der Waals surface area contributed by atoms with Crippen molar-refractivity contribution < 1.29 is 4.79 Å². The van der Waals surface area contributed by atoms with Crippen LogP contribution in [-0.2, 0) is 11.3 Å². The molecule has 118 valence electrons. The predicted octanol–water partition coefficient (Wildman–Crippen LogP) is 0.0668. The molecule has 3 rings (SSSR count). The largest absolute Gasteiger partial charge is 0.353 e. The van der Waals surface area contributed by atoms with Crippen molar-refractivity contribution >= 4 is 29.2 Å². The number of halogens is 1. The molecule has 8 heteroatoms. The monoisotopic (exact) mass is 323 g/mol. The lowest BCUT2D eigenvalue weighted by atomic mass is 10.2. The van der Waals surface area contributed by atoms with E-state index >= 15 is 0 Å². The standard InChI is InChI=1S/C14H17N5O2.ClH/c15-11(9-5-6-9)7-16-13(20)8-19-14(21)10-3-1-2-4-12(10)17-18-19;/h1-4,9,11H,5-8,15H2,(H,16,20);1H. The summed E-state index contributed by atoms with van der Waals surface area (Å²) in [6.45, 7) is 0.285. The summed E-state index contributed by atoms with van der Waals surface area (Å²) in [5.41, 5.74) is 6.12. The molecule has 2 aromatic rings. The lowest BCUT2D eigenvalue weighted by Gasteiger charge is -2.11. The molecule has 0 aliphatic heterocycles. The van der Waals surface area contributed by atoms with E-state index in [4.69, 9.17) is 5.73 Å². The van der Waals surface area contributed by atoms with Crippen molar-refractivity contribution in [3.63, 3.8) is 0 Å². The first kappa shape index (κ1) is 16.4. The van der Waals surface area contributed by atoms with Gasteiger partial charge in [-0.25, -0.2) is 4.68 Å². The van der Waals surface area contributed by atoms with Crippen LogP contribution in [0.15, 0.2) is 29.1 Å². The summed E-state index contributed by atoms with van der Waals surface area (Å²) in [5, 5.41) is 10.9. The Morgan fingerprint density at radius 3 is 2.86 bits per heavy atom. The molecule has 22 heavy (non-hydrogen) atoms. The van der Waals surface area contributed by atoms with E-state index < -0.39 is 0 Å². The Morgan fingerprint density at radius 2 is 2.14 bits per heavy atom. The van der Waals surface area contributed by atoms with E-state index in [0.29, 0.717) is 23.4 Å². The van der Waals surface area contributed by atoms with Crippen LogP contribution in [-0.4, -0.2) is 33.5 Å². The van der Waals surface area contributed by atoms with Gasteiger partial charge in [-0.15, -0.1) is 17.5 Å². The van der Waals surface area contributed by atoms with Gasteiger partial charge in [0.25, 0.3) is 5.56 Å². The van der Waals surface area contributed by atoms with Crippen molar-refractivity contribution in [2.75, 3.05) is 6.54 Å². The second kappa shape index (κ2) is 6.85. The Kier molecular flexibility index (Phi) is 5.10. The summed E-state index contributed by atoms with van der Waals surface area (Å²) < 4.78 is 1.07. The number of benzene rings is 1. The lowest BCUT2D eigenvalue weighted by molar-refractivity contribution is -0.122. The minimum Gasteiger partial charge on any atom is -0.353 e. The van der Waals surface area contributed by atoms with Gasteiger partial charge in [0, 0.05) is 12.6 Å².